The lowest BCUT2D eigenvalue weighted by Gasteiger charge is -2.26. The van der Waals surface area contributed by atoms with Crippen LogP contribution in [0.25, 0.3) is 5.82 Å². The number of rotatable bonds is 5. The minimum Gasteiger partial charge on any atom is -0.465 e. The summed E-state index contributed by atoms with van der Waals surface area (Å²) in [4.78, 5) is 29.6. The van der Waals surface area contributed by atoms with Crippen LogP contribution in [0.1, 0.15) is 43.6 Å². The number of carbonyl (C=O) groups excluding carboxylic acids is 2. The van der Waals surface area contributed by atoms with Crippen molar-refractivity contribution >= 4 is 39.4 Å². The number of aromatic nitrogens is 3. The van der Waals surface area contributed by atoms with E-state index in [4.69, 9.17) is 16.3 Å². The molecule has 2 aromatic heterocycles. The van der Waals surface area contributed by atoms with Gasteiger partial charge in [-0.3, -0.25) is 9.59 Å². The van der Waals surface area contributed by atoms with Crippen LogP contribution in [-0.4, -0.2) is 33.2 Å². The van der Waals surface area contributed by atoms with Crippen molar-refractivity contribution in [1.29, 1.82) is 0 Å². The molecule has 0 spiro atoms. The smallest absolute Gasteiger partial charge is 0.314 e. The maximum atomic E-state index is 13.1. The van der Waals surface area contributed by atoms with Crippen molar-refractivity contribution < 1.29 is 14.3 Å². The zero-order valence-electron chi connectivity index (χ0n) is 15.5. The molecule has 2 heterocycles. The summed E-state index contributed by atoms with van der Waals surface area (Å²) >= 11 is 9.52. The van der Waals surface area contributed by atoms with Crippen LogP contribution in [0.3, 0.4) is 0 Å². The molecule has 0 saturated heterocycles. The van der Waals surface area contributed by atoms with Crippen molar-refractivity contribution in [2.24, 2.45) is 5.92 Å². The summed E-state index contributed by atoms with van der Waals surface area (Å²) < 4.78 is 7.03. The second-order valence-electron chi connectivity index (χ2n) is 6.42. The molecule has 1 aliphatic carbocycles. The fraction of sp³-hybridized carbons (Fsp3) is 0.368. The highest BCUT2D eigenvalue weighted by Crippen LogP contribution is 2.30. The standard InChI is InChI=1S/C19H20BrClN4O3/c1-3-28-19(27)12-7-4-6-11(2)16(12)23-18(26)14-10-15(20)24-25(14)17-13(21)8-5-9-22-17/h5,8-10,12H,3-4,6-7H2,1-2H3,(H,23,26). The molecule has 28 heavy (non-hydrogen) atoms. The van der Waals surface area contributed by atoms with Gasteiger partial charge in [-0.25, -0.2) is 9.67 Å². The lowest BCUT2D eigenvalue weighted by atomic mass is 9.87. The van der Waals surface area contributed by atoms with E-state index >= 15 is 0 Å². The minimum atomic E-state index is -0.476. The largest absolute Gasteiger partial charge is 0.465 e. The van der Waals surface area contributed by atoms with Crippen LogP contribution in [0.4, 0.5) is 0 Å². The van der Waals surface area contributed by atoms with Crippen LogP contribution >= 0.6 is 27.5 Å². The average molecular weight is 468 g/mol. The summed E-state index contributed by atoms with van der Waals surface area (Å²) in [5, 5.41) is 7.55. The number of carbonyl (C=O) groups is 2. The lowest BCUT2D eigenvalue weighted by molar-refractivity contribution is -0.147. The van der Waals surface area contributed by atoms with Gasteiger partial charge in [0.15, 0.2) is 5.82 Å². The fourth-order valence-electron chi connectivity index (χ4n) is 3.22. The normalized spacial score (nSPS) is 16.8. The Morgan fingerprint density at radius 2 is 2.25 bits per heavy atom. The summed E-state index contributed by atoms with van der Waals surface area (Å²) in [6.07, 6.45) is 3.91. The van der Waals surface area contributed by atoms with Crippen LogP contribution in [0.5, 0.6) is 0 Å². The van der Waals surface area contributed by atoms with Gasteiger partial charge in [-0.15, -0.1) is 0 Å². The molecule has 2 aromatic rings. The molecule has 7 nitrogen and oxygen atoms in total. The molecule has 1 unspecified atom stereocenters. The number of nitrogens with zero attached hydrogens (tertiary/aromatic N) is 3. The molecular weight excluding hydrogens is 448 g/mol. The van der Waals surface area contributed by atoms with E-state index in [0.29, 0.717) is 34.2 Å². The van der Waals surface area contributed by atoms with Gasteiger partial charge in [0.25, 0.3) is 5.91 Å². The third kappa shape index (κ3) is 4.28. The first-order valence-corrected chi connectivity index (χ1v) is 10.1. The van der Waals surface area contributed by atoms with E-state index < -0.39 is 11.8 Å². The highest BCUT2D eigenvalue weighted by Gasteiger charge is 2.31. The first-order valence-electron chi connectivity index (χ1n) is 8.96. The Hall–Kier alpha value is -2.19. The molecule has 0 aliphatic heterocycles. The Bertz CT molecular complexity index is 941. The summed E-state index contributed by atoms with van der Waals surface area (Å²) in [6.45, 7) is 3.99. The second-order valence-corrected chi connectivity index (χ2v) is 7.64. The zero-order valence-corrected chi connectivity index (χ0v) is 17.9. The number of ether oxygens (including phenoxy) is 1. The Kier molecular flexibility index (Phi) is 6.51. The SMILES string of the molecule is CCOC(=O)C1CCCC(C)=C1NC(=O)c1cc(Br)nn1-c1ncccc1Cl. The number of amides is 1. The van der Waals surface area contributed by atoms with Crippen LogP contribution in [0, 0.1) is 5.92 Å². The van der Waals surface area contributed by atoms with E-state index in [9.17, 15) is 9.59 Å². The van der Waals surface area contributed by atoms with Crippen LogP contribution < -0.4 is 5.32 Å². The van der Waals surface area contributed by atoms with Crippen LogP contribution in [0.2, 0.25) is 5.02 Å². The van der Waals surface area contributed by atoms with Crippen molar-refractivity contribution in [3.05, 3.63) is 51.0 Å². The third-order valence-electron chi connectivity index (χ3n) is 4.52. The van der Waals surface area contributed by atoms with Gasteiger partial charge in [-0.1, -0.05) is 17.2 Å². The topological polar surface area (TPSA) is 86.1 Å². The Balaban J connectivity index is 1.93. The average Bonchev–Trinajstić information content (AvgIpc) is 3.05. The van der Waals surface area contributed by atoms with E-state index in [0.717, 1.165) is 18.4 Å². The summed E-state index contributed by atoms with van der Waals surface area (Å²) in [7, 11) is 0. The molecule has 1 amide bonds. The van der Waals surface area contributed by atoms with Crippen LogP contribution in [0.15, 0.2) is 40.3 Å². The van der Waals surface area contributed by atoms with Gasteiger partial charge in [-0.05, 0) is 61.2 Å². The first kappa shape index (κ1) is 20.5. The van der Waals surface area contributed by atoms with E-state index in [2.05, 4.69) is 31.3 Å². The number of hydrogen-bond acceptors (Lipinski definition) is 5. The number of hydrogen-bond donors (Lipinski definition) is 1. The fourth-order valence-corrected chi connectivity index (χ4v) is 3.79. The van der Waals surface area contributed by atoms with Gasteiger partial charge >= 0.3 is 5.97 Å². The molecule has 1 N–H and O–H groups in total. The number of esters is 1. The molecule has 9 heteroatoms. The number of halogens is 2. The van der Waals surface area contributed by atoms with Gasteiger partial charge in [-0.2, -0.15) is 5.10 Å². The summed E-state index contributed by atoms with van der Waals surface area (Å²) in [5.41, 5.74) is 1.82. The Labute approximate surface area is 176 Å². The molecule has 0 bridgehead atoms. The molecule has 148 valence electrons. The van der Waals surface area contributed by atoms with Crippen molar-refractivity contribution in [3.8, 4) is 5.82 Å². The molecule has 0 fully saturated rings. The summed E-state index contributed by atoms with van der Waals surface area (Å²) in [5.74, 6) is -0.850. The minimum absolute atomic E-state index is 0.251. The molecule has 3 rings (SSSR count). The van der Waals surface area contributed by atoms with Gasteiger partial charge in [0, 0.05) is 18.0 Å². The van der Waals surface area contributed by atoms with E-state index in [1.165, 1.54) is 4.68 Å². The molecule has 0 aromatic carbocycles. The number of allylic oxidation sites excluding steroid dienone is 1. The zero-order chi connectivity index (χ0) is 20.3. The van der Waals surface area contributed by atoms with Gasteiger partial charge in [0.2, 0.25) is 0 Å². The Morgan fingerprint density at radius 1 is 1.46 bits per heavy atom. The predicted octanol–water partition coefficient (Wildman–Crippen LogP) is 4.05. The molecular formula is C19H20BrClN4O3. The van der Waals surface area contributed by atoms with Crippen molar-refractivity contribution in [2.45, 2.75) is 33.1 Å². The van der Waals surface area contributed by atoms with Crippen LogP contribution in [-0.2, 0) is 9.53 Å². The van der Waals surface area contributed by atoms with Crippen molar-refractivity contribution in [1.82, 2.24) is 20.1 Å². The van der Waals surface area contributed by atoms with Gasteiger partial charge < -0.3 is 10.1 Å². The van der Waals surface area contributed by atoms with E-state index in [1.807, 2.05) is 6.92 Å². The van der Waals surface area contributed by atoms with Gasteiger partial charge in [0.05, 0.1) is 17.5 Å². The van der Waals surface area contributed by atoms with E-state index in [1.54, 1.807) is 31.3 Å². The molecule has 0 radical (unpaired) electrons. The maximum Gasteiger partial charge on any atom is 0.314 e. The quantitative estimate of drug-likeness (QED) is 0.671. The highest BCUT2D eigenvalue weighted by molar-refractivity contribution is 9.10. The van der Waals surface area contributed by atoms with E-state index in [-0.39, 0.29) is 11.7 Å². The molecule has 1 aliphatic rings. The molecule has 0 saturated carbocycles. The molecule has 1 atom stereocenters. The second kappa shape index (κ2) is 8.87. The Morgan fingerprint density at radius 3 is 2.96 bits per heavy atom. The number of pyridine rings is 1. The highest BCUT2D eigenvalue weighted by atomic mass is 79.9. The summed E-state index contributed by atoms with van der Waals surface area (Å²) in [6, 6.07) is 4.95. The third-order valence-corrected chi connectivity index (χ3v) is 5.21. The van der Waals surface area contributed by atoms with Gasteiger partial charge in [0.1, 0.15) is 10.3 Å². The first-order chi connectivity index (χ1) is 13.4. The van der Waals surface area contributed by atoms with Crippen molar-refractivity contribution in [2.75, 3.05) is 6.61 Å². The predicted molar refractivity (Wildman–Crippen MR) is 108 cm³/mol. The lowest BCUT2D eigenvalue weighted by Crippen LogP contribution is -2.35. The maximum absolute atomic E-state index is 13.1. The number of nitrogens with one attached hydrogen (secondary N) is 1. The van der Waals surface area contributed by atoms with Crippen molar-refractivity contribution in [3.63, 3.8) is 0 Å². The monoisotopic (exact) mass is 466 g/mol.